The van der Waals surface area contributed by atoms with E-state index >= 15 is 0 Å². The lowest BCUT2D eigenvalue weighted by Gasteiger charge is -1.99. The number of unbranched alkanes of at least 4 members (excludes halogenated alkanes) is 2. The molecule has 0 bridgehead atoms. The molecule has 0 saturated heterocycles. The van der Waals surface area contributed by atoms with Gasteiger partial charge in [0.05, 0.1) is 11.8 Å². The average molecular weight is 220 g/mol. The smallest absolute Gasteiger partial charge is 0.188 e. The zero-order chi connectivity index (χ0) is 12.0. The minimum absolute atomic E-state index is 0.0632. The molecule has 0 aromatic carbocycles. The molecule has 0 aliphatic rings. The van der Waals surface area contributed by atoms with Gasteiger partial charge < -0.3 is 0 Å². The third-order valence-electron chi connectivity index (χ3n) is 2.66. The normalized spacial score (nSPS) is 11.2. The lowest BCUT2D eigenvalue weighted by atomic mass is 10.1. The number of hydrogen-bond donors (Lipinski definition) is 0. The van der Waals surface area contributed by atoms with E-state index in [-0.39, 0.29) is 5.78 Å². The first-order valence-corrected chi connectivity index (χ1v) is 5.94. The van der Waals surface area contributed by atoms with Crippen molar-refractivity contribution in [2.45, 2.75) is 46.6 Å². The minimum Gasteiger partial charge on any atom is -0.289 e. The van der Waals surface area contributed by atoms with Gasteiger partial charge in [-0.2, -0.15) is 5.10 Å². The minimum atomic E-state index is 0.0632. The molecule has 0 N–H and O–H groups in total. The molecule has 0 fully saturated rings. The third-order valence-corrected chi connectivity index (χ3v) is 2.66. The van der Waals surface area contributed by atoms with Crippen LogP contribution in [0.4, 0.5) is 0 Å². The van der Waals surface area contributed by atoms with Gasteiger partial charge in [0.25, 0.3) is 0 Å². The maximum atomic E-state index is 11.8. The van der Waals surface area contributed by atoms with E-state index in [9.17, 15) is 4.79 Å². The maximum Gasteiger partial charge on any atom is 0.188 e. The molecule has 0 saturated carbocycles. The van der Waals surface area contributed by atoms with Crippen LogP contribution in [0.25, 0.3) is 0 Å². The lowest BCUT2D eigenvalue weighted by Crippen LogP contribution is -2.01. The van der Waals surface area contributed by atoms with E-state index < -0.39 is 0 Å². The Balaban J connectivity index is 2.66. The molecule has 0 radical (unpaired) electrons. The van der Waals surface area contributed by atoms with Crippen LogP contribution in [0.2, 0.25) is 0 Å². The standard InChI is InChI=1S/C13H20N2O/c1-4-6-7-8-9-13(16)12-10-14-15(5-2)11(12)3/h8-10H,4-7H2,1-3H3/b9-8+. The van der Waals surface area contributed by atoms with Gasteiger partial charge in [0.15, 0.2) is 5.78 Å². The fraction of sp³-hybridized carbons (Fsp3) is 0.538. The molecular weight excluding hydrogens is 200 g/mol. The van der Waals surface area contributed by atoms with Gasteiger partial charge >= 0.3 is 0 Å². The van der Waals surface area contributed by atoms with Crippen LogP contribution >= 0.6 is 0 Å². The topological polar surface area (TPSA) is 34.9 Å². The summed E-state index contributed by atoms with van der Waals surface area (Å²) >= 11 is 0. The van der Waals surface area contributed by atoms with Gasteiger partial charge in [-0.3, -0.25) is 9.48 Å². The first kappa shape index (κ1) is 12.7. The van der Waals surface area contributed by atoms with Crippen molar-refractivity contribution in [3.05, 3.63) is 29.6 Å². The fourth-order valence-corrected chi connectivity index (χ4v) is 1.61. The number of hydrogen-bond acceptors (Lipinski definition) is 2. The van der Waals surface area contributed by atoms with Crippen molar-refractivity contribution in [2.24, 2.45) is 0 Å². The van der Waals surface area contributed by atoms with Gasteiger partial charge in [0, 0.05) is 12.2 Å². The van der Waals surface area contributed by atoms with E-state index in [2.05, 4.69) is 12.0 Å². The average Bonchev–Trinajstić information content (AvgIpc) is 2.65. The van der Waals surface area contributed by atoms with Crippen LogP contribution < -0.4 is 0 Å². The Morgan fingerprint density at radius 3 is 2.81 bits per heavy atom. The second-order valence-electron chi connectivity index (χ2n) is 3.87. The Labute approximate surface area is 97.2 Å². The summed E-state index contributed by atoms with van der Waals surface area (Å²) in [6, 6.07) is 0. The molecule has 0 amide bonds. The largest absolute Gasteiger partial charge is 0.289 e. The van der Waals surface area contributed by atoms with E-state index in [1.165, 1.54) is 0 Å². The Morgan fingerprint density at radius 1 is 1.50 bits per heavy atom. The molecule has 88 valence electrons. The van der Waals surface area contributed by atoms with E-state index in [1.54, 1.807) is 12.3 Å². The molecule has 0 spiro atoms. The van der Waals surface area contributed by atoms with Crippen molar-refractivity contribution in [2.75, 3.05) is 0 Å². The molecule has 0 unspecified atom stereocenters. The molecule has 0 atom stereocenters. The predicted octanol–water partition coefficient (Wildman–Crippen LogP) is 3.14. The van der Waals surface area contributed by atoms with Gasteiger partial charge in [0.2, 0.25) is 0 Å². The highest BCUT2D eigenvalue weighted by molar-refractivity contribution is 6.05. The van der Waals surface area contributed by atoms with Crippen LogP contribution in [0, 0.1) is 6.92 Å². The second-order valence-corrected chi connectivity index (χ2v) is 3.87. The highest BCUT2D eigenvalue weighted by Crippen LogP contribution is 2.09. The summed E-state index contributed by atoms with van der Waals surface area (Å²) in [5, 5.41) is 4.16. The fourth-order valence-electron chi connectivity index (χ4n) is 1.61. The maximum absolute atomic E-state index is 11.8. The molecule has 3 nitrogen and oxygen atoms in total. The summed E-state index contributed by atoms with van der Waals surface area (Å²) < 4.78 is 1.84. The van der Waals surface area contributed by atoms with Crippen molar-refractivity contribution in [1.29, 1.82) is 0 Å². The number of ketones is 1. The van der Waals surface area contributed by atoms with Crippen LogP contribution in [-0.4, -0.2) is 15.6 Å². The first-order chi connectivity index (χ1) is 7.70. The Hall–Kier alpha value is -1.38. The molecule has 16 heavy (non-hydrogen) atoms. The number of aryl methyl sites for hydroxylation is 1. The van der Waals surface area contributed by atoms with Crippen molar-refractivity contribution in [3.8, 4) is 0 Å². The Morgan fingerprint density at radius 2 is 2.25 bits per heavy atom. The third kappa shape index (κ3) is 3.05. The van der Waals surface area contributed by atoms with E-state index in [4.69, 9.17) is 0 Å². The van der Waals surface area contributed by atoms with Crippen LogP contribution in [0.3, 0.4) is 0 Å². The zero-order valence-corrected chi connectivity index (χ0v) is 10.4. The number of rotatable bonds is 6. The van der Waals surface area contributed by atoms with Crippen molar-refractivity contribution < 1.29 is 4.79 Å². The number of nitrogens with zero attached hydrogens (tertiary/aromatic N) is 2. The molecule has 1 aromatic heterocycles. The van der Waals surface area contributed by atoms with Crippen LogP contribution in [-0.2, 0) is 6.54 Å². The summed E-state index contributed by atoms with van der Waals surface area (Å²) in [5.74, 6) is 0.0632. The summed E-state index contributed by atoms with van der Waals surface area (Å²) in [7, 11) is 0. The number of carbonyl (C=O) groups excluding carboxylic acids is 1. The summed E-state index contributed by atoms with van der Waals surface area (Å²) in [4.78, 5) is 11.8. The molecule has 0 aliphatic heterocycles. The van der Waals surface area contributed by atoms with E-state index in [1.807, 2.05) is 24.6 Å². The Kier molecular flexibility index (Phi) is 4.96. The van der Waals surface area contributed by atoms with Gasteiger partial charge in [-0.1, -0.05) is 25.8 Å². The molecule has 0 aliphatic carbocycles. The van der Waals surface area contributed by atoms with Gasteiger partial charge in [-0.05, 0) is 26.3 Å². The second kappa shape index (κ2) is 6.26. The van der Waals surface area contributed by atoms with Crippen molar-refractivity contribution in [1.82, 2.24) is 9.78 Å². The highest BCUT2D eigenvalue weighted by Gasteiger charge is 2.10. The number of aromatic nitrogens is 2. The molecule has 1 heterocycles. The molecule has 1 rings (SSSR count). The zero-order valence-electron chi connectivity index (χ0n) is 10.4. The summed E-state index contributed by atoms with van der Waals surface area (Å²) in [6.45, 7) is 6.90. The van der Waals surface area contributed by atoms with Gasteiger partial charge in [-0.15, -0.1) is 0 Å². The van der Waals surface area contributed by atoms with Crippen LogP contribution in [0.1, 0.15) is 49.2 Å². The summed E-state index contributed by atoms with van der Waals surface area (Å²) in [5.41, 5.74) is 1.67. The predicted molar refractivity (Wildman–Crippen MR) is 65.6 cm³/mol. The first-order valence-electron chi connectivity index (χ1n) is 5.94. The van der Waals surface area contributed by atoms with Crippen LogP contribution in [0.15, 0.2) is 18.3 Å². The summed E-state index contributed by atoms with van der Waals surface area (Å²) in [6.07, 6.45) is 8.55. The van der Waals surface area contributed by atoms with Crippen molar-refractivity contribution >= 4 is 5.78 Å². The van der Waals surface area contributed by atoms with E-state index in [0.717, 1.165) is 37.1 Å². The van der Waals surface area contributed by atoms with Crippen LogP contribution in [0.5, 0.6) is 0 Å². The van der Waals surface area contributed by atoms with Gasteiger partial charge in [0.1, 0.15) is 0 Å². The number of carbonyl (C=O) groups is 1. The van der Waals surface area contributed by atoms with Crippen molar-refractivity contribution in [3.63, 3.8) is 0 Å². The highest BCUT2D eigenvalue weighted by atomic mass is 16.1. The monoisotopic (exact) mass is 220 g/mol. The molecule has 3 heteroatoms. The molecular formula is C13H20N2O. The Bertz CT molecular complexity index is 377. The quantitative estimate of drug-likeness (QED) is 0.419. The SMILES string of the molecule is CCCC/C=C/C(=O)c1cnn(CC)c1C. The number of allylic oxidation sites excluding steroid dienone is 2. The van der Waals surface area contributed by atoms with Gasteiger partial charge in [-0.25, -0.2) is 0 Å². The van der Waals surface area contributed by atoms with E-state index in [0.29, 0.717) is 0 Å². The molecule has 1 aromatic rings. The lowest BCUT2D eigenvalue weighted by molar-refractivity contribution is 0.104.